The van der Waals surface area contributed by atoms with Crippen molar-refractivity contribution in [3.63, 3.8) is 0 Å². The van der Waals surface area contributed by atoms with Crippen LogP contribution in [-0.4, -0.2) is 135 Å². The molecule has 208 valence electrons. The number of carboxylic acid groups (broad SMARTS) is 1. The summed E-state index contributed by atoms with van der Waals surface area (Å²) in [7, 11) is 0. The van der Waals surface area contributed by atoms with E-state index in [4.69, 9.17) is 29.8 Å². The summed E-state index contributed by atoms with van der Waals surface area (Å²) in [5, 5.41) is 64.9. The summed E-state index contributed by atoms with van der Waals surface area (Å²) in [4.78, 5) is 34.9. The van der Waals surface area contributed by atoms with Crippen LogP contribution in [0.5, 0.6) is 0 Å². The van der Waals surface area contributed by atoms with Gasteiger partial charge >= 0.3 is 5.97 Å². The molecule has 0 saturated carbocycles. The molecule has 36 heavy (non-hydrogen) atoms. The van der Waals surface area contributed by atoms with Crippen LogP contribution in [0.1, 0.15) is 20.8 Å². The number of amides is 2. The molecule has 2 rings (SSSR count). The number of carbonyl (C=O) groups excluding carboxylic acids is 2. The fraction of sp³-hybridized carbons (Fsp3) is 0.850. The molecule has 2 saturated heterocycles. The van der Waals surface area contributed by atoms with Gasteiger partial charge in [0.25, 0.3) is 0 Å². The quantitative estimate of drug-likeness (QED) is 0.129. The zero-order chi connectivity index (χ0) is 27.3. The van der Waals surface area contributed by atoms with Crippen molar-refractivity contribution in [1.29, 1.82) is 0 Å². The molecule has 0 aromatic carbocycles. The minimum Gasteiger partial charge on any atom is -0.480 e. The van der Waals surface area contributed by atoms with E-state index in [1.165, 1.54) is 6.92 Å². The molecule has 0 bridgehead atoms. The minimum atomic E-state index is -1.66. The summed E-state index contributed by atoms with van der Waals surface area (Å²) in [5.74, 6) is -2.62. The molecule has 0 radical (unpaired) electrons. The van der Waals surface area contributed by atoms with E-state index in [2.05, 4.69) is 10.6 Å². The first-order valence-corrected chi connectivity index (χ1v) is 11.2. The molecule has 0 spiro atoms. The molecule has 2 aliphatic heterocycles. The number of aliphatic hydroxyl groups is 5. The summed E-state index contributed by atoms with van der Waals surface area (Å²) in [6.45, 7) is 2.14. The van der Waals surface area contributed by atoms with E-state index in [9.17, 15) is 39.9 Å². The Morgan fingerprint density at radius 2 is 1.39 bits per heavy atom. The van der Waals surface area contributed by atoms with Crippen molar-refractivity contribution in [3.8, 4) is 0 Å². The standard InChI is InChI=1S/C20H35N3O13/c1-6(11(21)18(31)32)33-20-13(23-8(3)27)17(15(29)10(5-25)35-20)36-19-12(22-7(2)26)16(30)14(28)9(4-24)34-19/h6,9-17,19-20,24-25,28-30H,4-5,21H2,1-3H3,(H,22,26)(H,23,27)(H,31,32)/t6-,9-,10-,11+,12-,13-,14+,15+,16-,17-,19-,20+/m1/s1. The topological polar surface area (TPSA) is 260 Å². The van der Waals surface area contributed by atoms with E-state index in [1.807, 2.05) is 0 Å². The Kier molecular flexibility index (Phi) is 10.9. The predicted molar refractivity (Wildman–Crippen MR) is 116 cm³/mol. The van der Waals surface area contributed by atoms with Crippen molar-refractivity contribution < 1.29 is 64.0 Å². The lowest BCUT2D eigenvalue weighted by molar-refractivity contribution is -0.332. The Balaban J connectivity index is 2.41. The van der Waals surface area contributed by atoms with Gasteiger partial charge in [-0.3, -0.25) is 14.4 Å². The van der Waals surface area contributed by atoms with Gasteiger partial charge < -0.3 is 66.0 Å². The summed E-state index contributed by atoms with van der Waals surface area (Å²) in [5.41, 5.74) is 5.59. The van der Waals surface area contributed by atoms with E-state index < -0.39 is 104 Å². The van der Waals surface area contributed by atoms with Crippen molar-refractivity contribution in [2.75, 3.05) is 13.2 Å². The van der Waals surface area contributed by atoms with Gasteiger partial charge in [0, 0.05) is 13.8 Å². The van der Waals surface area contributed by atoms with Crippen molar-refractivity contribution in [2.24, 2.45) is 5.73 Å². The van der Waals surface area contributed by atoms with Gasteiger partial charge in [-0.15, -0.1) is 0 Å². The van der Waals surface area contributed by atoms with E-state index in [0.717, 1.165) is 13.8 Å². The third-order valence-corrected chi connectivity index (χ3v) is 5.91. The monoisotopic (exact) mass is 525 g/mol. The molecule has 0 aromatic rings. The second kappa shape index (κ2) is 13.0. The smallest absolute Gasteiger partial charge is 0.323 e. The summed E-state index contributed by atoms with van der Waals surface area (Å²) in [6, 6.07) is -4.19. The van der Waals surface area contributed by atoms with E-state index in [0.29, 0.717) is 0 Å². The molecule has 2 amide bonds. The van der Waals surface area contributed by atoms with E-state index in [-0.39, 0.29) is 0 Å². The van der Waals surface area contributed by atoms with Crippen LogP contribution in [0, 0.1) is 0 Å². The number of aliphatic hydroxyl groups excluding tert-OH is 5. The maximum absolute atomic E-state index is 12.0. The lowest BCUT2D eigenvalue weighted by Gasteiger charge is -2.48. The molecule has 0 aliphatic carbocycles. The average Bonchev–Trinajstić information content (AvgIpc) is 2.80. The zero-order valence-electron chi connectivity index (χ0n) is 20.0. The Hall–Kier alpha value is -1.99. The van der Waals surface area contributed by atoms with Gasteiger partial charge in [0.1, 0.15) is 54.7 Å². The maximum Gasteiger partial charge on any atom is 0.323 e. The van der Waals surface area contributed by atoms with Crippen LogP contribution in [0.25, 0.3) is 0 Å². The number of aliphatic carboxylic acids is 1. The van der Waals surface area contributed by atoms with E-state index in [1.54, 1.807) is 0 Å². The van der Waals surface area contributed by atoms with Crippen molar-refractivity contribution in [3.05, 3.63) is 0 Å². The average molecular weight is 526 g/mol. The Labute approximate surface area is 206 Å². The molecular weight excluding hydrogens is 490 g/mol. The minimum absolute atomic E-state index is 0.622. The Bertz CT molecular complexity index is 773. The summed E-state index contributed by atoms with van der Waals surface area (Å²) < 4.78 is 22.6. The fourth-order valence-electron chi connectivity index (χ4n) is 3.97. The van der Waals surface area contributed by atoms with Gasteiger partial charge in [0.05, 0.1) is 19.3 Å². The number of nitrogens with one attached hydrogen (secondary N) is 2. The van der Waals surface area contributed by atoms with Crippen LogP contribution in [-0.2, 0) is 33.3 Å². The Morgan fingerprint density at radius 3 is 1.89 bits per heavy atom. The predicted octanol–water partition coefficient (Wildman–Crippen LogP) is -5.28. The number of hydrogen-bond acceptors (Lipinski definition) is 13. The second-order valence-electron chi connectivity index (χ2n) is 8.68. The van der Waals surface area contributed by atoms with Crippen LogP contribution >= 0.6 is 0 Å². The van der Waals surface area contributed by atoms with Crippen molar-refractivity contribution in [2.45, 2.75) is 94.2 Å². The first-order valence-electron chi connectivity index (χ1n) is 11.2. The number of ether oxygens (including phenoxy) is 4. The molecule has 2 aliphatic rings. The third kappa shape index (κ3) is 7.06. The molecule has 2 fully saturated rings. The van der Waals surface area contributed by atoms with Crippen molar-refractivity contribution >= 4 is 17.8 Å². The summed E-state index contributed by atoms with van der Waals surface area (Å²) >= 11 is 0. The SMILES string of the molecule is CC(=O)N[C@H]1[C@@H](O[C@H]2[C@@H](O)[C@@H](CO)O[C@H](O[C@H](C)[C@H](N)C(=O)O)[C@@H]2NC(C)=O)O[C@H](CO)[C@H](O)[C@@H]1O. The highest BCUT2D eigenvalue weighted by Crippen LogP contribution is 2.30. The van der Waals surface area contributed by atoms with Gasteiger partial charge in [0.15, 0.2) is 12.6 Å². The van der Waals surface area contributed by atoms with Crippen molar-refractivity contribution in [1.82, 2.24) is 10.6 Å². The zero-order valence-corrected chi connectivity index (χ0v) is 20.0. The number of nitrogens with two attached hydrogens (primary N) is 1. The third-order valence-electron chi connectivity index (χ3n) is 5.91. The molecule has 10 N–H and O–H groups in total. The molecule has 16 nitrogen and oxygen atoms in total. The molecule has 0 aromatic heterocycles. The van der Waals surface area contributed by atoms with Crippen LogP contribution in [0.4, 0.5) is 0 Å². The molecule has 16 heteroatoms. The van der Waals surface area contributed by atoms with Gasteiger partial charge in [-0.25, -0.2) is 0 Å². The Morgan fingerprint density at radius 1 is 0.889 bits per heavy atom. The number of rotatable bonds is 10. The number of hydrogen-bond donors (Lipinski definition) is 9. The number of carboxylic acids is 1. The number of carbonyl (C=O) groups is 3. The van der Waals surface area contributed by atoms with Gasteiger partial charge in [-0.1, -0.05) is 0 Å². The normalized spacial score (nSPS) is 38.6. The van der Waals surface area contributed by atoms with Crippen LogP contribution in [0.3, 0.4) is 0 Å². The molecular formula is C20H35N3O13. The fourth-order valence-corrected chi connectivity index (χ4v) is 3.97. The molecule has 0 unspecified atom stereocenters. The van der Waals surface area contributed by atoms with Gasteiger partial charge in [-0.05, 0) is 6.92 Å². The largest absolute Gasteiger partial charge is 0.480 e. The second-order valence-corrected chi connectivity index (χ2v) is 8.68. The highest BCUT2D eigenvalue weighted by Gasteiger charge is 2.52. The summed E-state index contributed by atoms with van der Waals surface area (Å²) in [6.07, 6.45) is -13.3. The lowest BCUT2D eigenvalue weighted by Crippen LogP contribution is -2.70. The first-order chi connectivity index (χ1) is 16.8. The molecule has 2 heterocycles. The van der Waals surface area contributed by atoms with Crippen LogP contribution < -0.4 is 16.4 Å². The molecule has 12 atom stereocenters. The van der Waals surface area contributed by atoms with Gasteiger partial charge in [-0.2, -0.15) is 0 Å². The maximum atomic E-state index is 12.0. The van der Waals surface area contributed by atoms with E-state index >= 15 is 0 Å². The lowest BCUT2D eigenvalue weighted by atomic mass is 9.94. The van der Waals surface area contributed by atoms with Crippen LogP contribution in [0.2, 0.25) is 0 Å². The van der Waals surface area contributed by atoms with Gasteiger partial charge in [0.2, 0.25) is 11.8 Å². The highest BCUT2D eigenvalue weighted by atomic mass is 16.7. The first kappa shape index (κ1) is 30.2. The van der Waals surface area contributed by atoms with Crippen LogP contribution in [0.15, 0.2) is 0 Å². The highest BCUT2D eigenvalue weighted by molar-refractivity contribution is 5.74.